The lowest BCUT2D eigenvalue weighted by molar-refractivity contribution is -0.111. The predicted octanol–water partition coefficient (Wildman–Crippen LogP) is 4.80. The predicted molar refractivity (Wildman–Crippen MR) is 110 cm³/mol. The Kier molecular flexibility index (Phi) is 6.34. The second kappa shape index (κ2) is 8.54. The lowest BCUT2D eigenvalue weighted by atomic mass is 9.86. The zero-order chi connectivity index (χ0) is 19.4. The van der Waals surface area contributed by atoms with Crippen LogP contribution in [0.15, 0.2) is 40.7 Å². The summed E-state index contributed by atoms with van der Waals surface area (Å²) in [5.41, 5.74) is 1.10. The molecule has 1 fully saturated rings. The van der Waals surface area contributed by atoms with Gasteiger partial charge in [0.05, 0.1) is 9.92 Å². The highest BCUT2D eigenvalue weighted by molar-refractivity contribution is 7.90. The van der Waals surface area contributed by atoms with Gasteiger partial charge in [-0.1, -0.05) is 43.0 Å². The van der Waals surface area contributed by atoms with Crippen LogP contribution in [0.2, 0.25) is 5.02 Å². The molecule has 0 atom stereocenters. The second-order valence-electron chi connectivity index (χ2n) is 6.69. The van der Waals surface area contributed by atoms with Crippen molar-refractivity contribution in [1.29, 1.82) is 0 Å². The number of halogens is 1. The summed E-state index contributed by atoms with van der Waals surface area (Å²) >= 11 is 7.54. The monoisotopic (exact) mass is 424 g/mol. The molecule has 0 radical (unpaired) electrons. The molecule has 3 rings (SSSR count). The van der Waals surface area contributed by atoms with Gasteiger partial charge in [-0.15, -0.1) is 11.3 Å². The molecule has 1 N–H and O–H groups in total. The Bertz CT molecular complexity index is 947. The first-order valence-electron chi connectivity index (χ1n) is 8.77. The number of aromatic nitrogens is 1. The van der Waals surface area contributed by atoms with Gasteiger partial charge in [0.25, 0.3) is 5.91 Å². The van der Waals surface area contributed by atoms with E-state index in [-0.39, 0.29) is 15.8 Å². The molecular formula is C19H21ClN2O3S2. The Morgan fingerprint density at radius 1 is 1.30 bits per heavy atom. The molecule has 1 amide bonds. The van der Waals surface area contributed by atoms with E-state index in [0.29, 0.717) is 22.2 Å². The Morgan fingerprint density at radius 3 is 2.63 bits per heavy atom. The average molecular weight is 425 g/mol. The van der Waals surface area contributed by atoms with E-state index in [1.165, 1.54) is 23.8 Å². The van der Waals surface area contributed by atoms with Crippen LogP contribution in [0.5, 0.6) is 0 Å². The molecule has 1 aliphatic rings. The molecule has 27 heavy (non-hydrogen) atoms. The van der Waals surface area contributed by atoms with Crippen LogP contribution in [0.1, 0.15) is 37.7 Å². The van der Waals surface area contributed by atoms with Gasteiger partial charge in [0.15, 0.2) is 15.0 Å². The first-order chi connectivity index (χ1) is 12.8. The smallest absolute Gasteiger partial charge is 0.257 e. The minimum atomic E-state index is -3.42. The molecule has 0 bridgehead atoms. The molecule has 1 aromatic carbocycles. The van der Waals surface area contributed by atoms with Crippen molar-refractivity contribution >= 4 is 49.4 Å². The lowest BCUT2D eigenvalue weighted by Gasteiger charge is -2.20. The van der Waals surface area contributed by atoms with E-state index in [1.54, 1.807) is 23.7 Å². The highest BCUT2D eigenvalue weighted by Crippen LogP contribution is 2.31. The number of anilines is 1. The SMILES string of the molecule is CS(=O)(=O)c1ccc(/C(=C/C2CCCCC2)C(=O)Nc2nccs2)cc1Cl. The summed E-state index contributed by atoms with van der Waals surface area (Å²) in [5, 5.41) is 5.24. The molecule has 0 saturated heterocycles. The molecule has 5 nitrogen and oxygen atoms in total. The number of sulfone groups is 1. The number of amides is 1. The Balaban J connectivity index is 1.97. The van der Waals surface area contributed by atoms with Crippen molar-refractivity contribution in [2.75, 3.05) is 11.6 Å². The Hall–Kier alpha value is -1.70. The van der Waals surface area contributed by atoms with Crippen molar-refractivity contribution in [1.82, 2.24) is 4.98 Å². The first kappa shape index (κ1) is 20.0. The number of carbonyl (C=O) groups is 1. The van der Waals surface area contributed by atoms with Crippen molar-refractivity contribution in [3.05, 3.63) is 46.4 Å². The first-order valence-corrected chi connectivity index (χ1v) is 11.9. The van der Waals surface area contributed by atoms with E-state index in [1.807, 2.05) is 6.08 Å². The number of benzene rings is 1. The summed E-state index contributed by atoms with van der Waals surface area (Å²) in [7, 11) is -3.42. The third kappa shape index (κ3) is 5.18. The molecule has 0 unspecified atom stereocenters. The van der Waals surface area contributed by atoms with Crippen molar-refractivity contribution in [3.8, 4) is 0 Å². The fraction of sp³-hybridized carbons (Fsp3) is 0.368. The van der Waals surface area contributed by atoms with Crippen LogP contribution >= 0.6 is 22.9 Å². The third-order valence-corrected chi connectivity index (χ3v) is 6.86. The molecule has 1 saturated carbocycles. The van der Waals surface area contributed by atoms with Crippen molar-refractivity contribution in [2.45, 2.75) is 37.0 Å². The van der Waals surface area contributed by atoms with E-state index in [2.05, 4.69) is 10.3 Å². The van der Waals surface area contributed by atoms with Gasteiger partial charge in [-0.05, 0) is 36.5 Å². The number of allylic oxidation sites excluding steroid dienone is 1. The van der Waals surface area contributed by atoms with Gasteiger partial charge in [0.2, 0.25) is 0 Å². The maximum absolute atomic E-state index is 12.9. The van der Waals surface area contributed by atoms with Crippen LogP contribution in [-0.4, -0.2) is 25.6 Å². The highest BCUT2D eigenvalue weighted by Gasteiger charge is 2.20. The molecule has 0 spiro atoms. The lowest BCUT2D eigenvalue weighted by Crippen LogP contribution is -2.15. The fourth-order valence-electron chi connectivity index (χ4n) is 3.26. The summed E-state index contributed by atoms with van der Waals surface area (Å²) in [4.78, 5) is 17.1. The molecule has 144 valence electrons. The fourth-order valence-corrected chi connectivity index (χ4v) is 5.11. The van der Waals surface area contributed by atoms with E-state index < -0.39 is 9.84 Å². The molecule has 1 heterocycles. The Labute approximate surface area is 168 Å². The van der Waals surface area contributed by atoms with Crippen LogP contribution in [0, 0.1) is 5.92 Å². The summed E-state index contributed by atoms with van der Waals surface area (Å²) < 4.78 is 23.6. The molecule has 1 aromatic heterocycles. The zero-order valence-electron chi connectivity index (χ0n) is 14.9. The number of hydrogen-bond acceptors (Lipinski definition) is 5. The Morgan fingerprint density at radius 2 is 2.04 bits per heavy atom. The largest absolute Gasteiger partial charge is 0.298 e. The van der Waals surface area contributed by atoms with Gasteiger partial charge in [-0.2, -0.15) is 0 Å². The number of nitrogens with one attached hydrogen (secondary N) is 1. The van der Waals surface area contributed by atoms with Gasteiger partial charge in [-0.3, -0.25) is 10.1 Å². The van der Waals surface area contributed by atoms with Crippen LogP contribution in [0.25, 0.3) is 5.57 Å². The second-order valence-corrected chi connectivity index (χ2v) is 9.97. The molecule has 1 aliphatic carbocycles. The van der Waals surface area contributed by atoms with Crippen molar-refractivity contribution in [2.24, 2.45) is 5.92 Å². The number of carbonyl (C=O) groups excluding carboxylic acids is 1. The summed E-state index contributed by atoms with van der Waals surface area (Å²) in [6, 6.07) is 4.64. The maximum atomic E-state index is 12.9. The molecular weight excluding hydrogens is 404 g/mol. The van der Waals surface area contributed by atoms with Crippen LogP contribution in [-0.2, 0) is 14.6 Å². The summed E-state index contributed by atoms with van der Waals surface area (Å²) in [6.45, 7) is 0. The van der Waals surface area contributed by atoms with Crippen LogP contribution in [0.3, 0.4) is 0 Å². The maximum Gasteiger partial charge on any atom is 0.257 e. The molecule has 2 aromatic rings. The normalized spacial score (nSPS) is 16.3. The number of rotatable bonds is 5. The van der Waals surface area contributed by atoms with E-state index in [9.17, 15) is 13.2 Å². The summed E-state index contributed by atoms with van der Waals surface area (Å²) in [6.07, 6.45) is 10.3. The van der Waals surface area contributed by atoms with Gasteiger partial charge in [0, 0.05) is 23.4 Å². The van der Waals surface area contributed by atoms with E-state index in [0.717, 1.165) is 31.9 Å². The third-order valence-electron chi connectivity index (χ3n) is 4.59. The van der Waals surface area contributed by atoms with Gasteiger partial charge >= 0.3 is 0 Å². The number of thiazole rings is 1. The van der Waals surface area contributed by atoms with Crippen LogP contribution in [0.4, 0.5) is 5.13 Å². The van der Waals surface area contributed by atoms with Crippen LogP contribution < -0.4 is 5.32 Å². The van der Waals surface area contributed by atoms with Crippen molar-refractivity contribution < 1.29 is 13.2 Å². The zero-order valence-corrected chi connectivity index (χ0v) is 17.3. The summed E-state index contributed by atoms with van der Waals surface area (Å²) in [5.74, 6) is 0.0582. The van der Waals surface area contributed by atoms with Gasteiger partial charge < -0.3 is 0 Å². The van der Waals surface area contributed by atoms with E-state index in [4.69, 9.17) is 11.6 Å². The molecule has 0 aliphatic heterocycles. The quantitative estimate of drug-likeness (QED) is 0.699. The standard InChI is InChI=1S/C19H21ClN2O3S2/c1-27(24,25)17-8-7-14(12-16(17)20)15(11-13-5-3-2-4-6-13)18(23)22-19-21-9-10-26-19/h7-13H,2-6H2,1H3,(H,21,22,23)/b15-11-. The molecule has 8 heteroatoms. The number of nitrogens with zero attached hydrogens (tertiary/aromatic N) is 1. The highest BCUT2D eigenvalue weighted by atomic mass is 35.5. The van der Waals surface area contributed by atoms with E-state index >= 15 is 0 Å². The van der Waals surface area contributed by atoms with Gasteiger partial charge in [0.1, 0.15) is 0 Å². The van der Waals surface area contributed by atoms with Gasteiger partial charge in [-0.25, -0.2) is 13.4 Å². The topological polar surface area (TPSA) is 76.1 Å². The van der Waals surface area contributed by atoms with Crippen molar-refractivity contribution in [3.63, 3.8) is 0 Å². The average Bonchev–Trinajstić information content (AvgIpc) is 3.12. The minimum Gasteiger partial charge on any atom is -0.298 e. The minimum absolute atomic E-state index is 0.0604. The number of hydrogen-bond donors (Lipinski definition) is 1.